The molecule has 0 aliphatic carbocycles. The van der Waals surface area contributed by atoms with E-state index in [0.717, 1.165) is 23.0 Å². The molecule has 0 radical (unpaired) electrons. The third-order valence-electron chi connectivity index (χ3n) is 2.11. The topological polar surface area (TPSA) is 55.8 Å². The average molecular weight is 320 g/mol. The normalized spacial score (nSPS) is 11.9. The highest BCUT2D eigenvalue weighted by molar-refractivity contribution is 8.02. The molecule has 0 saturated carbocycles. The molecule has 0 aliphatic rings. The predicted octanol–water partition coefficient (Wildman–Crippen LogP) is 2.48. The zero-order chi connectivity index (χ0) is 15.4. The van der Waals surface area contributed by atoms with Crippen molar-refractivity contribution in [3.8, 4) is 0 Å². The standard InChI is InChI=1S/C14H24O4S2/c1-11(2)13(15)17-5-7-19-9-10-20-8-6-18-14(16)12(3)4/h13,15H,1,3,5-10H2,2,4H3. The lowest BCUT2D eigenvalue weighted by Crippen LogP contribution is -2.14. The number of hydrogen-bond donors (Lipinski definition) is 1. The van der Waals surface area contributed by atoms with E-state index in [-0.39, 0.29) is 5.97 Å². The number of rotatable bonds is 12. The molecule has 0 saturated heterocycles. The maximum atomic E-state index is 11.1. The fourth-order valence-corrected chi connectivity index (χ4v) is 2.77. The molecule has 1 unspecified atom stereocenters. The van der Waals surface area contributed by atoms with Gasteiger partial charge in [0.25, 0.3) is 0 Å². The molecule has 0 bridgehead atoms. The van der Waals surface area contributed by atoms with Gasteiger partial charge in [0, 0.05) is 28.6 Å². The van der Waals surface area contributed by atoms with Gasteiger partial charge >= 0.3 is 5.97 Å². The van der Waals surface area contributed by atoms with Crippen molar-refractivity contribution in [3.63, 3.8) is 0 Å². The van der Waals surface area contributed by atoms with E-state index >= 15 is 0 Å². The van der Waals surface area contributed by atoms with E-state index in [1.165, 1.54) is 0 Å². The Bertz CT molecular complexity index is 318. The Labute approximate surface area is 130 Å². The molecule has 116 valence electrons. The number of carbonyl (C=O) groups excluding carboxylic acids is 1. The molecule has 1 N–H and O–H groups in total. The van der Waals surface area contributed by atoms with E-state index in [1.54, 1.807) is 37.4 Å². The lowest BCUT2D eigenvalue weighted by molar-refractivity contribution is -0.138. The second-order valence-corrected chi connectivity index (χ2v) is 6.66. The van der Waals surface area contributed by atoms with Gasteiger partial charge in [0.15, 0.2) is 6.29 Å². The van der Waals surface area contributed by atoms with Gasteiger partial charge in [0.1, 0.15) is 6.61 Å². The largest absolute Gasteiger partial charge is 0.461 e. The van der Waals surface area contributed by atoms with Crippen molar-refractivity contribution in [2.45, 2.75) is 20.1 Å². The van der Waals surface area contributed by atoms with Gasteiger partial charge in [-0.3, -0.25) is 0 Å². The smallest absolute Gasteiger partial charge is 0.333 e. The second kappa shape index (κ2) is 12.3. The summed E-state index contributed by atoms with van der Waals surface area (Å²) in [5.74, 6) is 3.32. The summed E-state index contributed by atoms with van der Waals surface area (Å²) in [7, 11) is 0. The maximum absolute atomic E-state index is 11.1. The number of hydrogen-bond acceptors (Lipinski definition) is 6. The predicted molar refractivity (Wildman–Crippen MR) is 87.2 cm³/mol. The van der Waals surface area contributed by atoms with Crippen LogP contribution in [0.3, 0.4) is 0 Å². The van der Waals surface area contributed by atoms with Crippen molar-refractivity contribution in [1.82, 2.24) is 0 Å². The Balaban J connectivity index is 3.23. The number of ether oxygens (including phenoxy) is 2. The summed E-state index contributed by atoms with van der Waals surface area (Å²) in [6, 6.07) is 0. The molecule has 0 heterocycles. The van der Waals surface area contributed by atoms with Crippen LogP contribution in [0.15, 0.2) is 24.3 Å². The minimum atomic E-state index is -0.854. The molecule has 0 aliphatic heterocycles. The Kier molecular flexibility index (Phi) is 12.1. The van der Waals surface area contributed by atoms with Crippen LogP contribution >= 0.6 is 23.5 Å². The maximum Gasteiger partial charge on any atom is 0.333 e. The van der Waals surface area contributed by atoms with E-state index in [1.807, 2.05) is 0 Å². The summed E-state index contributed by atoms with van der Waals surface area (Å²) in [5.41, 5.74) is 1.05. The van der Waals surface area contributed by atoms with E-state index < -0.39 is 6.29 Å². The molecule has 0 rings (SSSR count). The summed E-state index contributed by atoms with van der Waals surface area (Å²) in [5, 5.41) is 9.33. The van der Waals surface area contributed by atoms with Crippen LogP contribution in [0.1, 0.15) is 13.8 Å². The Morgan fingerprint density at radius 1 is 1.10 bits per heavy atom. The van der Waals surface area contributed by atoms with Gasteiger partial charge in [-0.1, -0.05) is 13.2 Å². The van der Waals surface area contributed by atoms with E-state index in [2.05, 4.69) is 13.2 Å². The van der Waals surface area contributed by atoms with Crippen molar-refractivity contribution in [2.75, 3.05) is 36.2 Å². The van der Waals surface area contributed by atoms with Gasteiger partial charge in [0.05, 0.1) is 6.61 Å². The number of carbonyl (C=O) groups is 1. The first-order valence-electron chi connectivity index (χ1n) is 6.38. The summed E-state index contributed by atoms with van der Waals surface area (Å²) < 4.78 is 10.1. The number of aliphatic hydroxyl groups excluding tert-OH is 1. The average Bonchev–Trinajstić information content (AvgIpc) is 2.39. The summed E-state index contributed by atoms with van der Waals surface area (Å²) in [4.78, 5) is 11.1. The van der Waals surface area contributed by atoms with Crippen LogP contribution in [0.5, 0.6) is 0 Å². The lowest BCUT2D eigenvalue weighted by Gasteiger charge is -2.11. The van der Waals surface area contributed by atoms with E-state index in [9.17, 15) is 9.90 Å². The highest BCUT2D eigenvalue weighted by Gasteiger charge is 2.03. The van der Waals surface area contributed by atoms with Crippen LogP contribution in [-0.4, -0.2) is 53.6 Å². The second-order valence-electron chi connectivity index (χ2n) is 4.21. The van der Waals surface area contributed by atoms with Crippen LogP contribution in [0.2, 0.25) is 0 Å². The van der Waals surface area contributed by atoms with Gasteiger partial charge in [0.2, 0.25) is 0 Å². The van der Waals surface area contributed by atoms with Crippen LogP contribution in [-0.2, 0) is 14.3 Å². The minimum absolute atomic E-state index is 0.326. The Hall–Kier alpha value is -0.430. The molecule has 0 fully saturated rings. The van der Waals surface area contributed by atoms with Gasteiger partial charge in [-0.15, -0.1) is 0 Å². The number of esters is 1. The molecule has 4 nitrogen and oxygen atoms in total. The lowest BCUT2D eigenvalue weighted by atomic mass is 10.3. The van der Waals surface area contributed by atoms with Gasteiger partial charge in [-0.05, 0) is 19.4 Å². The van der Waals surface area contributed by atoms with Crippen LogP contribution in [0, 0.1) is 0 Å². The highest BCUT2D eigenvalue weighted by atomic mass is 32.2. The van der Waals surface area contributed by atoms with Gasteiger partial charge in [-0.25, -0.2) is 4.79 Å². The zero-order valence-electron chi connectivity index (χ0n) is 12.2. The highest BCUT2D eigenvalue weighted by Crippen LogP contribution is 2.08. The van der Waals surface area contributed by atoms with Crippen LogP contribution in [0.4, 0.5) is 0 Å². The SMILES string of the molecule is C=C(C)C(=O)OCCSCCSCCOC(O)C(=C)C. The summed E-state index contributed by atoms with van der Waals surface area (Å²) in [6.07, 6.45) is -0.854. The van der Waals surface area contributed by atoms with Crippen molar-refractivity contribution >= 4 is 29.5 Å². The monoisotopic (exact) mass is 320 g/mol. The molecule has 0 aromatic rings. The molecular formula is C14H24O4S2. The molecule has 0 aromatic heterocycles. The van der Waals surface area contributed by atoms with Crippen molar-refractivity contribution < 1.29 is 19.4 Å². The summed E-state index contributed by atoms with van der Waals surface area (Å²) in [6.45, 7) is 11.4. The number of aliphatic hydroxyl groups is 1. The minimum Gasteiger partial charge on any atom is -0.461 e. The molecule has 0 amide bonds. The first kappa shape index (κ1) is 19.6. The van der Waals surface area contributed by atoms with E-state index in [4.69, 9.17) is 9.47 Å². The van der Waals surface area contributed by atoms with Crippen molar-refractivity contribution in [3.05, 3.63) is 24.3 Å². The Morgan fingerprint density at radius 2 is 1.65 bits per heavy atom. The first-order valence-corrected chi connectivity index (χ1v) is 8.69. The molecule has 1 atom stereocenters. The summed E-state index contributed by atoms with van der Waals surface area (Å²) >= 11 is 3.51. The third kappa shape index (κ3) is 11.4. The molecular weight excluding hydrogens is 296 g/mol. The molecule has 0 spiro atoms. The van der Waals surface area contributed by atoms with Crippen LogP contribution < -0.4 is 0 Å². The molecule has 6 heteroatoms. The van der Waals surface area contributed by atoms with E-state index in [0.29, 0.717) is 24.4 Å². The van der Waals surface area contributed by atoms with Crippen LogP contribution in [0.25, 0.3) is 0 Å². The van der Waals surface area contributed by atoms with Gasteiger partial charge in [-0.2, -0.15) is 23.5 Å². The Morgan fingerprint density at radius 3 is 2.15 bits per heavy atom. The molecule has 0 aromatic carbocycles. The third-order valence-corrected chi connectivity index (χ3v) is 4.26. The van der Waals surface area contributed by atoms with Gasteiger partial charge < -0.3 is 14.6 Å². The fourth-order valence-electron chi connectivity index (χ4n) is 0.999. The van der Waals surface area contributed by atoms with Crippen molar-refractivity contribution in [1.29, 1.82) is 0 Å². The number of thioether (sulfide) groups is 2. The quantitative estimate of drug-likeness (QED) is 0.196. The first-order chi connectivity index (χ1) is 9.45. The zero-order valence-corrected chi connectivity index (χ0v) is 13.9. The van der Waals surface area contributed by atoms with Crippen molar-refractivity contribution in [2.24, 2.45) is 0 Å². The molecule has 20 heavy (non-hydrogen) atoms. The fraction of sp³-hybridized carbons (Fsp3) is 0.643.